The van der Waals surface area contributed by atoms with E-state index in [1.807, 2.05) is 0 Å². The summed E-state index contributed by atoms with van der Waals surface area (Å²) in [6, 6.07) is 1.43. The zero-order chi connectivity index (χ0) is 33.3. The van der Waals surface area contributed by atoms with Gasteiger partial charge in [0.05, 0.1) is 19.1 Å². The first-order chi connectivity index (χ1) is 21.3. The molecule has 45 heavy (non-hydrogen) atoms. The van der Waals surface area contributed by atoms with Gasteiger partial charge in [-0.25, -0.2) is 5.01 Å². The van der Waals surface area contributed by atoms with E-state index in [2.05, 4.69) is 21.1 Å². The minimum absolute atomic E-state index is 0.0763. The first kappa shape index (κ1) is 34.4. The molecule has 6 amide bonds. The van der Waals surface area contributed by atoms with Crippen LogP contribution in [-0.2, 0) is 30.5 Å². The highest BCUT2D eigenvalue weighted by Crippen LogP contribution is 2.24. The number of fused-ring (bicyclic) bond motifs is 1. The number of ketones is 1. The first-order valence-electron chi connectivity index (χ1n) is 14.5. The Balaban J connectivity index is 1.81. The predicted molar refractivity (Wildman–Crippen MR) is 160 cm³/mol. The quantitative estimate of drug-likeness (QED) is 0.0450. The van der Waals surface area contributed by atoms with Crippen LogP contribution in [0.2, 0.25) is 0 Å². The summed E-state index contributed by atoms with van der Waals surface area (Å²) in [7, 11) is 0. The third-order valence-electron chi connectivity index (χ3n) is 7.41. The van der Waals surface area contributed by atoms with Crippen molar-refractivity contribution in [1.82, 2.24) is 26.0 Å². The summed E-state index contributed by atoms with van der Waals surface area (Å²) in [6.45, 7) is 1.43. The average molecular weight is 629 g/mol. The van der Waals surface area contributed by atoms with Crippen LogP contribution in [0.25, 0.3) is 0 Å². The lowest BCUT2D eigenvalue weighted by Gasteiger charge is -2.29. The van der Waals surface area contributed by atoms with E-state index in [0.29, 0.717) is 24.8 Å². The van der Waals surface area contributed by atoms with Gasteiger partial charge in [-0.15, -0.1) is 0 Å². The van der Waals surface area contributed by atoms with Gasteiger partial charge in [-0.05, 0) is 43.7 Å². The van der Waals surface area contributed by atoms with Crippen LogP contribution >= 0.6 is 0 Å². The molecule has 1 aromatic rings. The second kappa shape index (κ2) is 15.6. The number of hydrogen-bond acceptors (Lipinski definition) is 9. The van der Waals surface area contributed by atoms with Crippen LogP contribution in [0.1, 0.15) is 71.7 Å². The molecule has 3 rings (SSSR count). The normalized spacial score (nSPS) is 16.8. The van der Waals surface area contributed by atoms with E-state index in [9.17, 15) is 33.6 Å². The van der Waals surface area contributed by atoms with E-state index in [0.717, 1.165) is 5.01 Å². The maximum absolute atomic E-state index is 13.7. The number of amides is 6. The lowest BCUT2D eigenvalue weighted by Crippen LogP contribution is -2.56. The van der Waals surface area contributed by atoms with Gasteiger partial charge in [-0.3, -0.25) is 44.0 Å². The summed E-state index contributed by atoms with van der Waals surface area (Å²) in [4.78, 5) is 93.6. The molecule has 1 aromatic carbocycles. The maximum Gasteiger partial charge on any atom is 0.272 e. The van der Waals surface area contributed by atoms with Gasteiger partial charge in [-0.1, -0.05) is 12.1 Å². The highest BCUT2D eigenvalue weighted by Gasteiger charge is 2.39. The molecule has 0 unspecified atom stereocenters. The Labute approximate surface area is 259 Å². The molecule has 1 fully saturated rings. The number of benzene rings is 1. The van der Waals surface area contributed by atoms with Crippen molar-refractivity contribution in [2.45, 2.75) is 70.1 Å². The minimum Gasteiger partial charge on any atom is -0.370 e. The third-order valence-corrected chi connectivity index (χ3v) is 7.41. The van der Waals surface area contributed by atoms with Crippen LogP contribution in [-0.4, -0.2) is 94.9 Å². The lowest BCUT2D eigenvalue weighted by atomic mass is 9.96. The number of likely N-dealkylation sites (tertiary alicyclic amines) is 1. The van der Waals surface area contributed by atoms with Crippen molar-refractivity contribution in [1.29, 1.82) is 0 Å². The number of rotatable bonds is 15. The van der Waals surface area contributed by atoms with E-state index in [1.54, 1.807) is 6.07 Å². The second-order valence-corrected chi connectivity index (χ2v) is 10.8. The summed E-state index contributed by atoms with van der Waals surface area (Å²) in [5.74, 6) is -3.95. The summed E-state index contributed by atoms with van der Waals surface area (Å²) in [6.07, 6.45) is 0.989. The van der Waals surface area contributed by atoms with Crippen molar-refractivity contribution in [3.8, 4) is 0 Å². The molecule has 2 aliphatic rings. The van der Waals surface area contributed by atoms with Crippen molar-refractivity contribution in [3.05, 3.63) is 34.9 Å². The van der Waals surface area contributed by atoms with Gasteiger partial charge in [0, 0.05) is 37.6 Å². The molecule has 11 N–H and O–H groups in total. The number of nitrogens with one attached hydrogen (secondary N) is 3. The molecule has 0 aliphatic carbocycles. The van der Waals surface area contributed by atoms with E-state index in [1.165, 1.54) is 24.0 Å². The molecule has 17 nitrogen and oxygen atoms in total. The number of hydrogen-bond donors (Lipinski definition) is 7. The summed E-state index contributed by atoms with van der Waals surface area (Å²) in [5.41, 5.74) is 24.9. The molecule has 17 heteroatoms. The standard InChI is InChI=1S/C28H40N10O7/c1-15(39)36-38-14-17-7-6-16(12-18(17)26(38)44)24(42)19(4-2-10-33-28(31)32)35-25(43)21-5-3-11-37(21)27(45)20(8-9-22(30)40)34-23(41)13-29/h6-7,12,19-21H,2-5,8-11,13-14,29H2,1H3,(H2,30,40)(H,34,41)(H,35,43)(H,36,39)(H4,31,32,33)/t19-,20-,21-/m0/s1. The molecule has 2 heterocycles. The molecule has 0 spiro atoms. The van der Waals surface area contributed by atoms with Gasteiger partial charge in [0.25, 0.3) is 5.91 Å². The fourth-order valence-corrected chi connectivity index (χ4v) is 5.28. The van der Waals surface area contributed by atoms with Crippen molar-refractivity contribution >= 4 is 47.2 Å². The second-order valence-electron chi connectivity index (χ2n) is 10.8. The number of primary amides is 1. The third kappa shape index (κ3) is 9.21. The molecule has 0 bridgehead atoms. The van der Waals surface area contributed by atoms with Crippen LogP contribution < -0.4 is 39.0 Å². The Morgan fingerprint density at radius 1 is 1.04 bits per heavy atom. The van der Waals surface area contributed by atoms with Crippen LogP contribution in [0.5, 0.6) is 0 Å². The van der Waals surface area contributed by atoms with Gasteiger partial charge in [-0.2, -0.15) is 0 Å². The van der Waals surface area contributed by atoms with Crippen molar-refractivity contribution in [3.63, 3.8) is 0 Å². The zero-order valence-electron chi connectivity index (χ0n) is 25.0. The summed E-state index contributed by atoms with van der Waals surface area (Å²) < 4.78 is 0. The van der Waals surface area contributed by atoms with Crippen LogP contribution in [0, 0.1) is 0 Å². The monoisotopic (exact) mass is 628 g/mol. The van der Waals surface area contributed by atoms with Crippen molar-refractivity contribution < 1.29 is 33.6 Å². The predicted octanol–water partition coefficient (Wildman–Crippen LogP) is -2.89. The Kier molecular flexibility index (Phi) is 11.9. The molecule has 3 atom stereocenters. The molecule has 0 saturated carbocycles. The molecule has 1 saturated heterocycles. The Morgan fingerprint density at radius 2 is 1.78 bits per heavy atom. The van der Waals surface area contributed by atoms with E-state index in [4.69, 9.17) is 22.9 Å². The van der Waals surface area contributed by atoms with Gasteiger partial charge in [0.15, 0.2) is 11.7 Å². The first-order valence-corrected chi connectivity index (χ1v) is 14.5. The fourth-order valence-electron chi connectivity index (χ4n) is 5.28. The number of aliphatic imine (C=N–C) groups is 1. The number of guanidine groups is 1. The zero-order valence-corrected chi connectivity index (χ0v) is 25.0. The van der Waals surface area contributed by atoms with Gasteiger partial charge < -0.3 is 38.5 Å². The fraction of sp³-hybridized carbons (Fsp3) is 0.500. The highest BCUT2D eigenvalue weighted by atomic mass is 16.2. The molecular formula is C28H40N10O7. The highest BCUT2D eigenvalue weighted by molar-refractivity contribution is 6.06. The van der Waals surface area contributed by atoms with Crippen LogP contribution in [0.4, 0.5) is 0 Å². The SMILES string of the molecule is CC(=O)NN1Cc2ccc(C(=O)[C@H](CCCN=C(N)N)NC(=O)[C@@H]3CCCN3C(=O)[C@H](CCC(N)=O)NC(=O)CN)cc2C1=O. The Bertz CT molecular complexity index is 1380. The van der Waals surface area contributed by atoms with E-state index >= 15 is 0 Å². The van der Waals surface area contributed by atoms with Crippen molar-refractivity contribution in [2.24, 2.45) is 27.9 Å². The number of nitrogens with two attached hydrogens (primary N) is 4. The Morgan fingerprint density at radius 3 is 2.42 bits per heavy atom. The molecule has 0 aromatic heterocycles. The Hall–Kier alpha value is -5.06. The molecule has 2 aliphatic heterocycles. The van der Waals surface area contributed by atoms with Gasteiger partial charge >= 0.3 is 0 Å². The van der Waals surface area contributed by atoms with Gasteiger partial charge in [0.2, 0.25) is 29.5 Å². The number of nitrogens with zero attached hydrogens (tertiary/aromatic N) is 3. The number of carbonyl (C=O) groups is 7. The lowest BCUT2D eigenvalue weighted by molar-refractivity contribution is -0.141. The smallest absolute Gasteiger partial charge is 0.272 e. The molecular weight excluding hydrogens is 588 g/mol. The minimum atomic E-state index is -1.13. The number of hydrazine groups is 1. The number of Topliss-reactive ketones (excluding diaryl/α,β-unsaturated/α-hetero) is 1. The van der Waals surface area contributed by atoms with Crippen molar-refractivity contribution in [2.75, 3.05) is 19.6 Å². The van der Waals surface area contributed by atoms with E-state index < -0.39 is 59.4 Å². The van der Waals surface area contributed by atoms with E-state index in [-0.39, 0.29) is 62.5 Å². The van der Waals surface area contributed by atoms with Gasteiger partial charge in [0.1, 0.15) is 12.1 Å². The molecule has 0 radical (unpaired) electrons. The topological polar surface area (TPSA) is 278 Å². The van der Waals surface area contributed by atoms with Crippen LogP contribution in [0.15, 0.2) is 23.2 Å². The number of carbonyl (C=O) groups excluding carboxylic acids is 7. The summed E-state index contributed by atoms with van der Waals surface area (Å²) >= 11 is 0. The largest absolute Gasteiger partial charge is 0.370 e. The van der Waals surface area contributed by atoms with Crippen LogP contribution in [0.3, 0.4) is 0 Å². The average Bonchev–Trinajstić information content (AvgIpc) is 3.60. The molecule has 244 valence electrons. The summed E-state index contributed by atoms with van der Waals surface area (Å²) in [5, 5.41) is 6.39. The maximum atomic E-state index is 13.7.